The highest BCUT2D eigenvalue weighted by Crippen LogP contribution is 2.31. The predicted molar refractivity (Wildman–Crippen MR) is 149 cm³/mol. The minimum atomic E-state index is 0.0716. The maximum Gasteiger partial charge on any atom is 0.254 e. The maximum atomic E-state index is 13.7. The maximum absolute atomic E-state index is 13.7. The van der Waals surface area contributed by atoms with Gasteiger partial charge in [0.1, 0.15) is 0 Å². The first-order valence-electron chi connectivity index (χ1n) is 13.3. The molecule has 2 aliphatic rings. The molecule has 4 aromatic rings. The number of aromatic amines is 1. The van der Waals surface area contributed by atoms with Crippen molar-refractivity contribution in [1.29, 1.82) is 0 Å². The van der Waals surface area contributed by atoms with Crippen molar-refractivity contribution in [3.05, 3.63) is 108 Å². The summed E-state index contributed by atoms with van der Waals surface area (Å²) < 4.78 is 5.46. The molecule has 6 rings (SSSR count). The lowest BCUT2D eigenvalue weighted by atomic mass is 10.0. The highest BCUT2D eigenvalue weighted by Gasteiger charge is 2.25. The van der Waals surface area contributed by atoms with Gasteiger partial charge >= 0.3 is 0 Å². The average Bonchev–Trinajstić information content (AvgIpc) is 3.42. The number of nitrogens with zero attached hydrogens (tertiary/aromatic N) is 4. The molecule has 0 saturated carbocycles. The number of fused-ring (bicyclic) bond motifs is 1. The Morgan fingerprint density at radius 3 is 2.45 bits per heavy atom. The number of H-pyrrole nitrogens is 1. The predicted octanol–water partition coefficient (Wildman–Crippen LogP) is 4.57. The van der Waals surface area contributed by atoms with Crippen LogP contribution >= 0.6 is 0 Å². The first-order chi connectivity index (χ1) is 18.7. The summed E-state index contributed by atoms with van der Waals surface area (Å²) in [7, 11) is 0. The number of morpholine rings is 1. The molecule has 0 radical (unpaired) electrons. The number of nitrogens with one attached hydrogen (secondary N) is 1. The SMILES string of the molecule is O=C(c1ccc(CN2CCOCC2)cc1)N1CCN(Cc2cnc[nH]2)c2ccc(-c3ccccc3)cc2C1. The molecule has 194 valence electrons. The third-order valence-electron chi connectivity index (χ3n) is 7.44. The fourth-order valence-electron chi connectivity index (χ4n) is 5.34. The Bertz CT molecular complexity index is 1350. The summed E-state index contributed by atoms with van der Waals surface area (Å²) in [6.07, 6.45) is 3.58. The fraction of sp³-hybridized carbons (Fsp3) is 0.290. The van der Waals surface area contributed by atoms with Gasteiger partial charge in [0.05, 0.1) is 31.8 Å². The molecule has 1 aromatic heterocycles. The van der Waals surface area contributed by atoms with Crippen LogP contribution in [0.25, 0.3) is 11.1 Å². The van der Waals surface area contributed by atoms with Crippen molar-refractivity contribution in [2.45, 2.75) is 19.6 Å². The molecule has 0 aliphatic carbocycles. The number of hydrogen-bond acceptors (Lipinski definition) is 5. The molecule has 7 nitrogen and oxygen atoms in total. The molecule has 3 heterocycles. The van der Waals surface area contributed by atoms with Crippen LogP contribution in [0.15, 0.2) is 85.3 Å². The minimum Gasteiger partial charge on any atom is -0.379 e. The second-order valence-corrected chi connectivity index (χ2v) is 10.0. The number of rotatable bonds is 6. The second kappa shape index (κ2) is 11.2. The van der Waals surface area contributed by atoms with Crippen molar-refractivity contribution in [3.63, 3.8) is 0 Å². The van der Waals surface area contributed by atoms with Gasteiger partial charge in [0.25, 0.3) is 5.91 Å². The van der Waals surface area contributed by atoms with Gasteiger partial charge < -0.3 is 19.5 Å². The Balaban J connectivity index is 1.24. The number of benzene rings is 3. The molecule has 0 spiro atoms. The Hall–Kier alpha value is -3.94. The molecule has 1 fully saturated rings. The molecule has 0 atom stereocenters. The molecule has 38 heavy (non-hydrogen) atoms. The average molecular weight is 508 g/mol. The lowest BCUT2D eigenvalue weighted by Gasteiger charge is -2.26. The normalized spacial score (nSPS) is 16.2. The Kier molecular flexibility index (Phi) is 7.20. The van der Waals surface area contributed by atoms with Crippen LogP contribution in [0.3, 0.4) is 0 Å². The van der Waals surface area contributed by atoms with Crippen LogP contribution < -0.4 is 4.90 Å². The van der Waals surface area contributed by atoms with Gasteiger partial charge in [-0.25, -0.2) is 4.98 Å². The lowest BCUT2D eigenvalue weighted by molar-refractivity contribution is 0.0342. The lowest BCUT2D eigenvalue weighted by Crippen LogP contribution is -2.36. The molecule has 1 saturated heterocycles. The van der Waals surface area contributed by atoms with E-state index < -0.39 is 0 Å². The minimum absolute atomic E-state index is 0.0716. The van der Waals surface area contributed by atoms with Crippen molar-refractivity contribution in [2.24, 2.45) is 0 Å². The standard InChI is InChI=1S/C31H33N5O2/c37-31(26-8-6-24(7-9-26)20-34-14-16-38-17-15-34)36-13-12-35(22-29-19-32-23-33-29)30-11-10-27(18-28(30)21-36)25-4-2-1-3-5-25/h1-11,18-19,23H,12-17,20-22H2,(H,32,33). The van der Waals surface area contributed by atoms with Crippen molar-refractivity contribution < 1.29 is 9.53 Å². The van der Waals surface area contributed by atoms with Gasteiger partial charge in [-0.2, -0.15) is 0 Å². The zero-order valence-corrected chi connectivity index (χ0v) is 21.6. The number of aromatic nitrogens is 2. The Morgan fingerprint density at radius 1 is 0.868 bits per heavy atom. The van der Waals surface area contributed by atoms with Gasteiger partial charge in [0, 0.05) is 56.7 Å². The van der Waals surface area contributed by atoms with E-state index in [-0.39, 0.29) is 5.91 Å². The zero-order valence-electron chi connectivity index (χ0n) is 21.6. The number of carbonyl (C=O) groups excluding carboxylic acids is 1. The van der Waals surface area contributed by atoms with Crippen LogP contribution in [0.4, 0.5) is 5.69 Å². The highest BCUT2D eigenvalue weighted by atomic mass is 16.5. The van der Waals surface area contributed by atoms with Crippen LogP contribution in [0.2, 0.25) is 0 Å². The number of imidazole rings is 1. The number of hydrogen-bond donors (Lipinski definition) is 1. The highest BCUT2D eigenvalue weighted by molar-refractivity contribution is 5.94. The van der Waals surface area contributed by atoms with Crippen molar-refractivity contribution in [1.82, 2.24) is 19.8 Å². The summed E-state index contributed by atoms with van der Waals surface area (Å²) >= 11 is 0. The smallest absolute Gasteiger partial charge is 0.254 e. The Labute approximate surface area is 223 Å². The molecular formula is C31H33N5O2. The van der Waals surface area contributed by atoms with Crippen LogP contribution in [-0.2, 0) is 24.4 Å². The van der Waals surface area contributed by atoms with Gasteiger partial charge in [-0.1, -0.05) is 48.5 Å². The van der Waals surface area contributed by atoms with Gasteiger partial charge in [-0.3, -0.25) is 9.69 Å². The van der Waals surface area contributed by atoms with Gasteiger partial charge in [0.2, 0.25) is 0 Å². The molecule has 2 aliphatic heterocycles. The molecule has 3 aromatic carbocycles. The summed E-state index contributed by atoms with van der Waals surface area (Å²) in [6, 6.07) is 25.2. The molecular weight excluding hydrogens is 474 g/mol. The van der Waals surface area contributed by atoms with E-state index in [1.165, 1.54) is 11.1 Å². The van der Waals surface area contributed by atoms with Gasteiger partial charge in [-0.15, -0.1) is 0 Å². The van der Waals surface area contributed by atoms with E-state index in [9.17, 15) is 4.79 Å². The monoisotopic (exact) mass is 507 g/mol. The Morgan fingerprint density at radius 2 is 1.68 bits per heavy atom. The first-order valence-corrected chi connectivity index (χ1v) is 13.3. The molecule has 0 bridgehead atoms. The van der Waals surface area contributed by atoms with Crippen molar-refractivity contribution in [3.8, 4) is 11.1 Å². The fourth-order valence-corrected chi connectivity index (χ4v) is 5.34. The summed E-state index contributed by atoms with van der Waals surface area (Å²) in [6.45, 7) is 7.06. The summed E-state index contributed by atoms with van der Waals surface area (Å²) in [5, 5.41) is 0. The topological polar surface area (TPSA) is 64.7 Å². The number of carbonyl (C=O) groups is 1. The van der Waals surface area contributed by atoms with E-state index in [0.29, 0.717) is 13.1 Å². The van der Waals surface area contributed by atoms with Crippen molar-refractivity contribution >= 4 is 11.6 Å². The van der Waals surface area contributed by atoms with E-state index in [2.05, 4.69) is 74.4 Å². The van der Waals surface area contributed by atoms with E-state index in [1.54, 1.807) is 6.33 Å². The van der Waals surface area contributed by atoms with Crippen LogP contribution in [-0.4, -0.2) is 65.1 Å². The van der Waals surface area contributed by atoms with Crippen LogP contribution in [0, 0.1) is 0 Å². The van der Waals surface area contributed by atoms with Crippen molar-refractivity contribution in [2.75, 3.05) is 44.3 Å². The van der Waals surface area contributed by atoms with Crippen LogP contribution in [0.5, 0.6) is 0 Å². The number of amides is 1. The van der Waals surface area contributed by atoms with Gasteiger partial charge in [-0.05, 0) is 46.5 Å². The van der Waals surface area contributed by atoms with E-state index in [1.807, 2.05) is 29.3 Å². The third-order valence-corrected chi connectivity index (χ3v) is 7.44. The molecule has 7 heteroatoms. The number of anilines is 1. The quantitative estimate of drug-likeness (QED) is 0.414. The third kappa shape index (κ3) is 5.49. The second-order valence-electron chi connectivity index (χ2n) is 10.0. The number of ether oxygens (including phenoxy) is 1. The summed E-state index contributed by atoms with van der Waals surface area (Å²) in [5.74, 6) is 0.0716. The molecule has 1 N–H and O–H groups in total. The van der Waals surface area contributed by atoms with E-state index in [0.717, 1.165) is 74.0 Å². The van der Waals surface area contributed by atoms with E-state index in [4.69, 9.17) is 4.74 Å². The zero-order chi connectivity index (χ0) is 25.7. The first kappa shape index (κ1) is 24.4. The van der Waals surface area contributed by atoms with Crippen LogP contribution in [0.1, 0.15) is 27.2 Å². The summed E-state index contributed by atoms with van der Waals surface area (Å²) in [4.78, 5) is 27.8. The van der Waals surface area contributed by atoms with E-state index >= 15 is 0 Å². The summed E-state index contributed by atoms with van der Waals surface area (Å²) in [5.41, 5.74) is 7.66. The van der Waals surface area contributed by atoms with Gasteiger partial charge in [0.15, 0.2) is 0 Å². The molecule has 1 amide bonds. The molecule has 0 unspecified atom stereocenters. The largest absolute Gasteiger partial charge is 0.379 e.